The van der Waals surface area contributed by atoms with Crippen LogP contribution in [-0.4, -0.2) is 49.4 Å². The summed E-state index contributed by atoms with van der Waals surface area (Å²) in [6, 6.07) is 5.78. The minimum atomic E-state index is -0.130. The number of aromatic amines is 1. The fourth-order valence-electron chi connectivity index (χ4n) is 2.95. The second kappa shape index (κ2) is 7.57. The number of rotatable bonds is 5. The summed E-state index contributed by atoms with van der Waals surface area (Å²) in [5, 5.41) is 0. The average molecular weight is 344 g/mol. The number of hydrogen-bond donors (Lipinski definition) is 1. The first-order valence-corrected chi connectivity index (χ1v) is 8.42. The van der Waals surface area contributed by atoms with Crippen molar-refractivity contribution in [2.45, 2.75) is 13.3 Å². The molecule has 1 unspecified atom stereocenters. The van der Waals surface area contributed by atoms with Gasteiger partial charge in [-0.1, -0.05) is 6.92 Å². The van der Waals surface area contributed by atoms with E-state index in [-0.39, 0.29) is 11.8 Å². The third kappa shape index (κ3) is 3.46. The molecule has 0 aromatic carbocycles. The number of H-pyrrole nitrogens is 1. The highest BCUT2D eigenvalue weighted by atomic mass is 16.5. The fraction of sp³-hybridized carbons (Fsp3) is 0.444. The van der Waals surface area contributed by atoms with Gasteiger partial charge >= 0.3 is 0 Å². The molecule has 2 aromatic rings. The Morgan fingerprint density at radius 2 is 2.32 bits per heavy atom. The minimum absolute atomic E-state index is 0.0201. The van der Waals surface area contributed by atoms with Crippen molar-refractivity contribution >= 4 is 17.4 Å². The fourth-order valence-corrected chi connectivity index (χ4v) is 2.95. The van der Waals surface area contributed by atoms with Gasteiger partial charge in [-0.25, -0.2) is 0 Å². The van der Waals surface area contributed by atoms with Crippen LogP contribution in [-0.2, 0) is 4.74 Å². The second-order valence-corrected chi connectivity index (χ2v) is 6.05. The largest absolute Gasteiger partial charge is 0.488 e. The van der Waals surface area contributed by atoms with Gasteiger partial charge in [0, 0.05) is 50.8 Å². The molecule has 2 aromatic heterocycles. The molecule has 0 aliphatic carbocycles. The van der Waals surface area contributed by atoms with Crippen LogP contribution in [0.25, 0.3) is 0 Å². The lowest BCUT2D eigenvalue weighted by Gasteiger charge is -2.29. The summed E-state index contributed by atoms with van der Waals surface area (Å²) >= 11 is 0. The Morgan fingerprint density at radius 1 is 1.48 bits per heavy atom. The standard InChI is InChI=1S/C18H24N4O3/c1-13(6-10-24-3)18(23)22-8-5-14(12-16(22)19-2)21-9-11-25-15-4-7-20-17(15)21/h4-5,7-8,12-13,20H,6,9-11H2,1-3H3. The van der Waals surface area contributed by atoms with Gasteiger partial charge in [0.2, 0.25) is 5.91 Å². The zero-order valence-electron chi connectivity index (χ0n) is 14.9. The van der Waals surface area contributed by atoms with Crippen LogP contribution in [0, 0.1) is 5.92 Å². The maximum atomic E-state index is 12.7. The van der Waals surface area contributed by atoms with E-state index < -0.39 is 0 Å². The number of carbonyl (C=O) groups is 1. The van der Waals surface area contributed by atoms with Gasteiger partial charge < -0.3 is 19.4 Å². The normalized spacial score (nSPS) is 15.6. The minimum Gasteiger partial charge on any atom is -0.488 e. The first-order chi connectivity index (χ1) is 12.2. The monoisotopic (exact) mass is 344 g/mol. The van der Waals surface area contributed by atoms with Gasteiger partial charge in [-0.05, 0) is 18.6 Å². The zero-order valence-corrected chi connectivity index (χ0v) is 14.9. The van der Waals surface area contributed by atoms with Gasteiger partial charge in [-0.15, -0.1) is 0 Å². The van der Waals surface area contributed by atoms with Crippen molar-refractivity contribution in [3.05, 3.63) is 36.1 Å². The lowest BCUT2D eigenvalue weighted by atomic mass is 10.1. The summed E-state index contributed by atoms with van der Waals surface area (Å²) < 4.78 is 12.3. The van der Waals surface area contributed by atoms with Gasteiger partial charge in [-0.3, -0.25) is 14.4 Å². The lowest BCUT2D eigenvalue weighted by Crippen LogP contribution is -2.34. The van der Waals surface area contributed by atoms with Crippen molar-refractivity contribution in [3.63, 3.8) is 0 Å². The average Bonchev–Trinajstić information content (AvgIpc) is 3.13. The first kappa shape index (κ1) is 17.3. The molecule has 0 fully saturated rings. The molecule has 0 amide bonds. The number of pyridine rings is 1. The second-order valence-electron chi connectivity index (χ2n) is 6.05. The van der Waals surface area contributed by atoms with Gasteiger partial charge in [0.05, 0.1) is 6.54 Å². The van der Waals surface area contributed by atoms with Crippen LogP contribution in [0.4, 0.5) is 11.5 Å². The number of ether oxygens (including phenoxy) is 2. The van der Waals surface area contributed by atoms with Crippen LogP contribution in [0.2, 0.25) is 0 Å². The maximum absolute atomic E-state index is 12.7. The molecule has 3 heterocycles. The third-order valence-corrected chi connectivity index (χ3v) is 4.40. The van der Waals surface area contributed by atoms with Crippen molar-refractivity contribution in [2.24, 2.45) is 10.9 Å². The van der Waals surface area contributed by atoms with Crippen LogP contribution >= 0.6 is 0 Å². The summed E-state index contributed by atoms with van der Waals surface area (Å²) in [6.45, 7) is 3.83. The molecule has 7 nitrogen and oxygen atoms in total. The topological polar surface area (TPSA) is 71.8 Å². The van der Waals surface area contributed by atoms with Gasteiger partial charge in [0.15, 0.2) is 11.6 Å². The predicted octanol–water partition coefficient (Wildman–Crippen LogP) is 2.19. The number of anilines is 2. The molecule has 3 rings (SSSR count). The number of aromatic nitrogens is 2. The van der Waals surface area contributed by atoms with E-state index in [1.807, 2.05) is 31.3 Å². The van der Waals surface area contributed by atoms with Gasteiger partial charge in [0.25, 0.3) is 0 Å². The molecule has 7 heteroatoms. The van der Waals surface area contributed by atoms with E-state index in [4.69, 9.17) is 9.47 Å². The van der Waals surface area contributed by atoms with Crippen LogP contribution in [0.1, 0.15) is 18.1 Å². The van der Waals surface area contributed by atoms with Crippen molar-refractivity contribution < 1.29 is 14.3 Å². The highest BCUT2D eigenvalue weighted by molar-refractivity contribution is 5.81. The van der Waals surface area contributed by atoms with Crippen LogP contribution in [0.15, 0.2) is 35.6 Å². The van der Waals surface area contributed by atoms with Crippen LogP contribution in [0.3, 0.4) is 0 Å². The summed E-state index contributed by atoms with van der Waals surface area (Å²) in [5.74, 6) is 1.65. The Kier molecular flexibility index (Phi) is 5.23. The summed E-state index contributed by atoms with van der Waals surface area (Å²) in [4.78, 5) is 22.3. The molecular weight excluding hydrogens is 320 g/mol. The number of carbonyl (C=O) groups excluding carboxylic acids is 1. The summed E-state index contributed by atoms with van der Waals surface area (Å²) in [7, 11) is 3.34. The van der Waals surface area contributed by atoms with Crippen LogP contribution < -0.4 is 15.1 Å². The first-order valence-electron chi connectivity index (χ1n) is 8.42. The van der Waals surface area contributed by atoms with E-state index in [9.17, 15) is 4.79 Å². The molecule has 0 saturated heterocycles. The molecule has 0 saturated carbocycles. The van der Waals surface area contributed by atoms with E-state index >= 15 is 0 Å². The predicted molar refractivity (Wildman–Crippen MR) is 95.5 cm³/mol. The molecule has 0 spiro atoms. The number of methoxy groups -OCH3 is 1. The van der Waals surface area contributed by atoms with Gasteiger partial charge in [-0.2, -0.15) is 0 Å². The zero-order chi connectivity index (χ0) is 17.8. The third-order valence-electron chi connectivity index (χ3n) is 4.40. The van der Waals surface area contributed by atoms with E-state index in [1.165, 1.54) is 0 Å². The van der Waals surface area contributed by atoms with Crippen molar-refractivity contribution in [3.8, 4) is 5.75 Å². The molecule has 0 bridgehead atoms. The summed E-state index contributed by atoms with van der Waals surface area (Å²) in [5.41, 5.74) is 1.60. The number of nitrogens with one attached hydrogen (secondary N) is 1. The van der Waals surface area contributed by atoms with E-state index in [0.717, 1.165) is 23.8 Å². The van der Waals surface area contributed by atoms with Gasteiger partial charge in [0.1, 0.15) is 12.1 Å². The quantitative estimate of drug-likeness (QED) is 0.902. The highest BCUT2D eigenvalue weighted by Crippen LogP contribution is 2.34. The molecule has 1 atom stereocenters. The van der Waals surface area contributed by atoms with Crippen molar-refractivity contribution in [1.82, 2.24) is 9.55 Å². The van der Waals surface area contributed by atoms with Crippen molar-refractivity contribution in [1.29, 1.82) is 0 Å². The van der Waals surface area contributed by atoms with Crippen molar-refractivity contribution in [2.75, 3.05) is 38.8 Å². The highest BCUT2D eigenvalue weighted by Gasteiger charge is 2.22. The molecule has 1 aliphatic rings. The van der Waals surface area contributed by atoms with Crippen LogP contribution in [0.5, 0.6) is 5.75 Å². The molecular formula is C18H24N4O3. The number of nitrogens with zero attached hydrogens (tertiary/aromatic N) is 3. The molecule has 25 heavy (non-hydrogen) atoms. The molecule has 1 aliphatic heterocycles. The molecule has 134 valence electrons. The Labute approximate surface area is 146 Å². The SMILES string of the molecule is CN=c1cc(N2CCOc3cc[nH]c32)ccn1C(=O)C(C)CCOC. The van der Waals surface area contributed by atoms with E-state index in [1.54, 1.807) is 24.9 Å². The molecule has 1 N–H and O–H groups in total. The Morgan fingerprint density at radius 3 is 3.08 bits per heavy atom. The lowest BCUT2D eigenvalue weighted by molar-refractivity contribution is 0.0803. The Hall–Kier alpha value is -2.54. The Balaban J connectivity index is 1.90. The summed E-state index contributed by atoms with van der Waals surface area (Å²) in [6.07, 6.45) is 4.34. The van der Waals surface area contributed by atoms with E-state index in [2.05, 4.69) is 14.9 Å². The maximum Gasteiger partial charge on any atom is 0.235 e. The smallest absolute Gasteiger partial charge is 0.235 e. The molecule has 0 radical (unpaired) electrons. The van der Waals surface area contributed by atoms with E-state index in [0.29, 0.717) is 25.1 Å². The number of fused-ring (bicyclic) bond motifs is 1. The Bertz CT molecular complexity index is 809. The number of hydrogen-bond acceptors (Lipinski definition) is 5.